The van der Waals surface area contributed by atoms with Gasteiger partial charge in [-0.15, -0.1) is 0 Å². The van der Waals surface area contributed by atoms with Crippen molar-refractivity contribution >= 4 is 5.97 Å². The molecule has 0 fully saturated rings. The highest BCUT2D eigenvalue weighted by molar-refractivity contribution is 5.90. The Morgan fingerprint density at radius 2 is 2.05 bits per heavy atom. The van der Waals surface area contributed by atoms with E-state index in [9.17, 15) is 9.90 Å². The highest BCUT2D eigenvalue weighted by Gasteiger charge is 2.21. The van der Waals surface area contributed by atoms with Gasteiger partial charge < -0.3 is 5.11 Å². The van der Waals surface area contributed by atoms with E-state index in [4.69, 9.17) is 0 Å². The minimum Gasteiger partial charge on any atom is -0.478 e. The number of carboxylic acid groups (broad SMARTS) is 1. The lowest BCUT2D eigenvalue weighted by atomic mass is 10.1. The third-order valence-corrected chi connectivity index (χ3v) is 3.18. The number of hydrogen-bond acceptors (Lipinski definition) is 2. The van der Waals surface area contributed by atoms with Crippen LogP contribution >= 0.6 is 0 Å². The monoisotopic (exact) mass is 258 g/mol. The van der Waals surface area contributed by atoms with Crippen molar-refractivity contribution in [3.05, 3.63) is 46.8 Å². The van der Waals surface area contributed by atoms with Crippen molar-refractivity contribution in [2.45, 2.75) is 33.6 Å². The van der Waals surface area contributed by atoms with Crippen LogP contribution in [-0.2, 0) is 12.8 Å². The molecule has 19 heavy (non-hydrogen) atoms. The van der Waals surface area contributed by atoms with Crippen LogP contribution in [0.3, 0.4) is 0 Å². The Bertz CT molecular complexity index is 615. The molecule has 1 aromatic heterocycles. The molecule has 2 rings (SSSR count). The number of hydrogen-bond donors (Lipinski definition) is 1. The van der Waals surface area contributed by atoms with Gasteiger partial charge >= 0.3 is 5.97 Å². The summed E-state index contributed by atoms with van der Waals surface area (Å²) in [4.78, 5) is 11.4. The van der Waals surface area contributed by atoms with E-state index in [0.29, 0.717) is 24.1 Å². The molecule has 0 saturated heterocycles. The summed E-state index contributed by atoms with van der Waals surface area (Å²) < 4.78 is 1.76. The zero-order valence-electron chi connectivity index (χ0n) is 11.5. The maximum absolute atomic E-state index is 11.4. The van der Waals surface area contributed by atoms with E-state index in [1.54, 1.807) is 4.68 Å². The number of carboxylic acids is 1. The number of aryl methyl sites for hydroxylation is 2. The van der Waals surface area contributed by atoms with Crippen molar-refractivity contribution in [2.75, 3.05) is 0 Å². The van der Waals surface area contributed by atoms with Gasteiger partial charge in [0.15, 0.2) is 0 Å². The van der Waals surface area contributed by atoms with Crippen molar-refractivity contribution in [2.24, 2.45) is 0 Å². The fraction of sp³-hybridized carbons (Fsp3) is 0.333. The number of nitrogens with zero attached hydrogens (tertiary/aromatic N) is 2. The van der Waals surface area contributed by atoms with Gasteiger partial charge in [0.25, 0.3) is 0 Å². The second-order valence-corrected chi connectivity index (χ2v) is 4.53. The molecule has 0 atom stereocenters. The fourth-order valence-electron chi connectivity index (χ4n) is 2.30. The molecule has 4 nitrogen and oxygen atoms in total. The number of benzene rings is 1. The molecule has 4 heteroatoms. The molecule has 0 amide bonds. The third-order valence-electron chi connectivity index (χ3n) is 3.18. The van der Waals surface area contributed by atoms with Gasteiger partial charge in [-0.2, -0.15) is 5.10 Å². The molecule has 0 spiro atoms. The van der Waals surface area contributed by atoms with Crippen LogP contribution in [0.15, 0.2) is 24.3 Å². The molecule has 2 aromatic rings. The Labute approximate surface area is 112 Å². The van der Waals surface area contributed by atoms with Crippen LogP contribution < -0.4 is 0 Å². The average Bonchev–Trinajstić information content (AvgIpc) is 2.77. The van der Waals surface area contributed by atoms with Gasteiger partial charge in [-0.25, -0.2) is 9.48 Å². The number of aromatic nitrogens is 2. The summed E-state index contributed by atoms with van der Waals surface area (Å²) in [5.41, 5.74) is 3.80. The van der Waals surface area contributed by atoms with E-state index in [-0.39, 0.29) is 0 Å². The predicted octanol–water partition coefficient (Wildman–Crippen LogP) is 3.00. The van der Waals surface area contributed by atoms with E-state index in [0.717, 1.165) is 16.9 Å². The Hall–Kier alpha value is -2.10. The zero-order chi connectivity index (χ0) is 14.0. The lowest BCUT2D eigenvalue weighted by molar-refractivity contribution is 0.0694. The van der Waals surface area contributed by atoms with E-state index in [1.165, 1.54) is 0 Å². The standard InChI is InChI=1S/C15H18N2O2/c1-4-12-14(15(18)19)13(5-2)17(16-12)11-8-6-7-10(3)9-11/h6-9H,4-5H2,1-3H3,(H,18,19). The molecule has 0 bridgehead atoms. The second kappa shape index (κ2) is 5.26. The molecule has 1 aromatic carbocycles. The topological polar surface area (TPSA) is 55.1 Å². The smallest absolute Gasteiger partial charge is 0.339 e. The van der Waals surface area contributed by atoms with Crippen molar-refractivity contribution in [1.29, 1.82) is 0 Å². The number of aromatic carboxylic acids is 1. The zero-order valence-corrected chi connectivity index (χ0v) is 11.5. The SMILES string of the molecule is CCc1nn(-c2cccc(C)c2)c(CC)c1C(=O)O. The van der Waals surface area contributed by atoms with Crippen molar-refractivity contribution in [3.8, 4) is 5.69 Å². The molecule has 0 aliphatic heterocycles. The highest BCUT2D eigenvalue weighted by Crippen LogP contribution is 2.21. The van der Waals surface area contributed by atoms with E-state index >= 15 is 0 Å². The average molecular weight is 258 g/mol. The molecule has 0 aliphatic rings. The normalized spacial score (nSPS) is 10.7. The van der Waals surface area contributed by atoms with Crippen LogP contribution in [0.4, 0.5) is 0 Å². The van der Waals surface area contributed by atoms with Gasteiger partial charge in [-0.3, -0.25) is 0 Å². The highest BCUT2D eigenvalue weighted by atomic mass is 16.4. The number of carbonyl (C=O) groups is 1. The van der Waals surface area contributed by atoms with Gasteiger partial charge in [0.05, 0.1) is 17.1 Å². The summed E-state index contributed by atoms with van der Waals surface area (Å²) in [6.45, 7) is 5.89. The third kappa shape index (κ3) is 2.38. The van der Waals surface area contributed by atoms with Gasteiger partial charge in [0.2, 0.25) is 0 Å². The number of rotatable bonds is 4. The molecule has 1 N–H and O–H groups in total. The van der Waals surface area contributed by atoms with Crippen LogP contribution in [0.2, 0.25) is 0 Å². The van der Waals surface area contributed by atoms with Crippen LogP contribution in [0.1, 0.15) is 41.2 Å². The Morgan fingerprint density at radius 1 is 1.32 bits per heavy atom. The van der Waals surface area contributed by atoms with Crippen LogP contribution in [0.25, 0.3) is 5.69 Å². The van der Waals surface area contributed by atoms with Crippen molar-refractivity contribution < 1.29 is 9.90 Å². The lowest BCUT2D eigenvalue weighted by Crippen LogP contribution is -2.06. The first kappa shape index (κ1) is 13.3. The Balaban J connectivity index is 2.67. The fourth-order valence-corrected chi connectivity index (χ4v) is 2.30. The summed E-state index contributed by atoms with van der Waals surface area (Å²) in [6, 6.07) is 7.93. The first-order chi connectivity index (χ1) is 9.08. The van der Waals surface area contributed by atoms with E-state index in [2.05, 4.69) is 5.10 Å². The first-order valence-electron chi connectivity index (χ1n) is 6.49. The molecular formula is C15H18N2O2. The summed E-state index contributed by atoms with van der Waals surface area (Å²) in [5.74, 6) is -0.896. The minimum absolute atomic E-state index is 0.353. The second-order valence-electron chi connectivity index (χ2n) is 4.53. The van der Waals surface area contributed by atoms with E-state index < -0.39 is 5.97 Å². The molecule has 1 heterocycles. The Kier molecular flexibility index (Phi) is 3.69. The van der Waals surface area contributed by atoms with Crippen LogP contribution in [0.5, 0.6) is 0 Å². The molecule has 100 valence electrons. The minimum atomic E-state index is -0.896. The Morgan fingerprint density at radius 3 is 2.58 bits per heavy atom. The molecular weight excluding hydrogens is 240 g/mol. The van der Waals surface area contributed by atoms with Crippen molar-refractivity contribution in [3.63, 3.8) is 0 Å². The molecule has 0 aliphatic carbocycles. The molecule has 0 radical (unpaired) electrons. The summed E-state index contributed by atoms with van der Waals surface area (Å²) in [7, 11) is 0. The van der Waals surface area contributed by atoms with E-state index in [1.807, 2.05) is 45.0 Å². The van der Waals surface area contributed by atoms with Gasteiger partial charge in [-0.05, 0) is 37.5 Å². The summed E-state index contributed by atoms with van der Waals surface area (Å²) in [5, 5.41) is 13.8. The largest absolute Gasteiger partial charge is 0.478 e. The van der Waals surface area contributed by atoms with Gasteiger partial charge in [0, 0.05) is 0 Å². The predicted molar refractivity (Wildman–Crippen MR) is 74.0 cm³/mol. The van der Waals surface area contributed by atoms with Crippen LogP contribution in [-0.4, -0.2) is 20.9 Å². The molecule has 0 saturated carbocycles. The quantitative estimate of drug-likeness (QED) is 0.917. The van der Waals surface area contributed by atoms with Gasteiger partial charge in [0.1, 0.15) is 5.56 Å². The first-order valence-corrected chi connectivity index (χ1v) is 6.49. The lowest BCUT2D eigenvalue weighted by Gasteiger charge is -2.07. The van der Waals surface area contributed by atoms with Crippen molar-refractivity contribution in [1.82, 2.24) is 9.78 Å². The maximum atomic E-state index is 11.4. The van der Waals surface area contributed by atoms with Crippen LogP contribution in [0, 0.1) is 6.92 Å². The van der Waals surface area contributed by atoms with Gasteiger partial charge in [-0.1, -0.05) is 26.0 Å². The molecule has 0 unspecified atom stereocenters. The summed E-state index contributed by atoms with van der Waals surface area (Å²) in [6.07, 6.45) is 1.26. The maximum Gasteiger partial charge on any atom is 0.339 e. The summed E-state index contributed by atoms with van der Waals surface area (Å²) >= 11 is 0.